The molecule has 0 aliphatic heterocycles. The van der Waals surface area contributed by atoms with Crippen molar-refractivity contribution in [2.45, 2.75) is 43.5 Å². The van der Waals surface area contributed by atoms with Crippen LogP contribution in [0.15, 0.2) is 47.5 Å². The van der Waals surface area contributed by atoms with E-state index in [1.165, 1.54) is 18.2 Å². The standard InChI is InChI=1S/C26H29Cl2N3O5S/c1-4-5-10-36-25(32)16-31(37(34,35)21-12-17(27)11-18(28)13-21)20-8-9-22-23(15-29(2)24(22)14-20)26(33)30(3)19-6-7-19/h8-9,11-15,19H,4-7,10,16H2,1-3H3. The number of ether oxygens (including phenoxy) is 1. The molecule has 0 bridgehead atoms. The normalized spacial score (nSPS) is 13.5. The van der Waals surface area contributed by atoms with Crippen molar-refractivity contribution in [3.8, 4) is 0 Å². The van der Waals surface area contributed by atoms with Gasteiger partial charge in [0, 0.05) is 41.8 Å². The molecule has 11 heteroatoms. The number of unbranched alkanes of at least 4 members (excludes halogenated alkanes) is 1. The van der Waals surface area contributed by atoms with Gasteiger partial charge in [0.05, 0.1) is 28.3 Å². The maximum atomic E-state index is 13.7. The molecule has 0 atom stereocenters. The third-order valence-corrected chi connectivity index (χ3v) is 8.55. The molecule has 0 saturated heterocycles. The van der Waals surface area contributed by atoms with E-state index >= 15 is 0 Å². The second-order valence-corrected chi connectivity index (χ2v) is 11.9. The number of anilines is 1. The van der Waals surface area contributed by atoms with Gasteiger partial charge in [0.15, 0.2) is 0 Å². The number of amides is 1. The molecule has 0 spiro atoms. The number of hydrogen-bond acceptors (Lipinski definition) is 5. The van der Waals surface area contributed by atoms with Gasteiger partial charge in [0.1, 0.15) is 6.54 Å². The van der Waals surface area contributed by atoms with Crippen LogP contribution in [-0.2, 0) is 26.6 Å². The predicted octanol–water partition coefficient (Wildman–Crippen LogP) is 5.26. The fraction of sp³-hybridized carbons (Fsp3) is 0.385. The van der Waals surface area contributed by atoms with Crippen LogP contribution < -0.4 is 4.31 Å². The monoisotopic (exact) mass is 565 g/mol. The second-order valence-electron chi connectivity index (χ2n) is 9.19. The van der Waals surface area contributed by atoms with E-state index < -0.39 is 22.5 Å². The molecule has 198 valence electrons. The van der Waals surface area contributed by atoms with Gasteiger partial charge in [0.25, 0.3) is 15.9 Å². The fourth-order valence-electron chi connectivity index (χ4n) is 4.13. The molecular formula is C26H29Cl2N3O5S. The number of esters is 1. The molecule has 3 aromatic rings. The van der Waals surface area contributed by atoms with Crippen LogP contribution in [-0.4, -0.2) is 56.0 Å². The summed E-state index contributed by atoms with van der Waals surface area (Å²) in [5.74, 6) is -0.766. The predicted molar refractivity (Wildman–Crippen MR) is 145 cm³/mol. The zero-order chi connectivity index (χ0) is 26.9. The van der Waals surface area contributed by atoms with Crippen molar-refractivity contribution in [1.82, 2.24) is 9.47 Å². The molecule has 0 radical (unpaired) electrons. The number of nitrogens with zero attached hydrogens (tertiary/aromatic N) is 3. The van der Waals surface area contributed by atoms with Crippen molar-refractivity contribution in [2.75, 3.05) is 24.5 Å². The lowest BCUT2D eigenvalue weighted by Gasteiger charge is -2.24. The number of sulfonamides is 1. The number of aromatic nitrogens is 1. The van der Waals surface area contributed by atoms with Crippen LogP contribution in [0.1, 0.15) is 43.0 Å². The van der Waals surface area contributed by atoms with Gasteiger partial charge in [-0.1, -0.05) is 36.5 Å². The quantitative estimate of drug-likeness (QED) is 0.247. The highest BCUT2D eigenvalue weighted by atomic mass is 35.5. The minimum Gasteiger partial charge on any atom is -0.464 e. The highest BCUT2D eigenvalue weighted by molar-refractivity contribution is 7.92. The number of rotatable bonds is 10. The first-order valence-corrected chi connectivity index (χ1v) is 14.2. The number of fused-ring (bicyclic) bond motifs is 1. The number of aryl methyl sites for hydroxylation is 1. The lowest BCUT2D eigenvalue weighted by atomic mass is 10.1. The number of halogens is 2. The molecule has 1 aliphatic carbocycles. The van der Waals surface area contributed by atoms with Gasteiger partial charge >= 0.3 is 5.97 Å². The largest absolute Gasteiger partial charge is 0.464 e. The molecule has 37 heavy (non-hydrogen) atoms. The minimum absolute atomic E-state index is 0.0848. The van der Waals surface area contributed by atoms with E-state index in [4.69, 9.17) is 27.9 Å². The maximum Gasteiger partial charge on any atom is 0.326 e. The van der Waals surface area contributed by atoms with Crippen LogP contribution >= 0.6 is 23.2 Å². The van der Waals surface area contributed by atoms with Crippen molar-refractivity contribution in [3.05, 3.63) is 58.2 Å². The molecule has 2 aromatic carbocycles. The van der Waals surface area contributed by atoms with E-state index in [1.807, 2.05) is 6.92 Å². The summed E-state index contributed by atoms with van der Waals surface area (Å²) in [6.07, 6.45) is 5.23. The number of benzene rings is 2. The van der Waals surface area contributed by atoms with Gasteiger partial charge < -0.3 is 14.2 Å². The van der Waals surface area contributed by atoms with Crippen LogP contribution in [0.4, 0.5) is 5.69 Å². The average molecular weight is 567 g/mol. The van der Waals surface area contributed by atoms with Gasteiger partial charge in [-0.3, -0.25) is 13.9 Å². The van der Waals surface area contributed by atoms with Gasteiger partial charge in [-0.25, -0.2) is 8.42 Å². The summed E-state index contributed by atoms with van der Waals surface area (Å²) in [5.41, 5.74) is 1.42. The first kappa shape index (κ1) is 27.3. The maximum absolute atomic E-state index is 13.7. The van der Waals surface area contributed by atoms with Gasteiger partial charge in [0.2, 0.25) is 0 Å². The Kier molecular flexibility index (Phi) is 8.06. The summed E-state index contributed by atoms with van der Waals surface area (Å²) in [5, 5.41) is 0.993. The zero-order valence-corrected chi connectivity index (χ0v) is 23.2. The number of hydrogen-bond donors (Lipinski definition) is 0. The molecule has 1 aliphatic rings. The first-order chi connectivity index (χ1) is 17.5. The van der Waals surface area contributed by atoms with E-state index in [0.29, 0.717) is 22.9 Å². The van der Waals surface area contributed by atoms with E-state index in [0.717, 1.165) is 23.6 Å². The van der Waals surface area contributed by atoms with Crippen LogP contribution in [0, 0.1) is 0 Å². The topological polar surface area (TPSA) is 88.9 Å². The third kappa shape index (κ3) is 5.89. The Bertz CT molecular complexity index is 1430. The van der Waals surface area contributed by atoms with Crippen molar-refractivity contribution in [1.29, 1.82) is 0 Å². The molecule has 0 unspecified atom stereocenters. The Balaban J connectivity index is 1.76. The Morgan fingerprint density at radius 1 is 1.11 bits per heavy atom. The molecular weight excluding hydrogens is 537 g/mol. The zero-order valence-electron chi connectivity index (χ0n) is 20.9. The van der Waals surface area contributed by atoms with Crippen molar-refractivity contribution >= 4 is 61.7 Å². The summed E-state index contributed by atoms with van der Waals surface area (Å²) < 4.78 is 35.5. The van der Waals surface area contributed by atoms with Crippen molar-refractivity contribution in [2.24, 2.45) is 7.05 Å². The molecule has 4 rings (SSSR count). The molecule has 1 aromatic heterocycles. The molecule has 1 amide bonds. The van der Waals surface area contributed by atoms with Gasteiger partial charge in [-0.05, 0) is 55.7 Å². The van der Waals surface area contributed by atoms with Crippen LogP contribution in [0.5, 0.6) is 0 Å². The molecule has 1 saturated carbocycles. The molecule has 0 N–H and O–H groups in total. The minimum atomic E-state index is -4.25. The number of carbonyl (C=O) groups is 2. The van der Waals surface area contributed by atoms with Crippen LogP contribution in [0.3, 0.4) is 0 Å². The Morgan fingerprint density at radius 3 is 2.41 bits per heavy atom. The summed E-state index contributed by atoms with van der Waals surface area (Å²) in [7, 11) is -0.673. The molecule has 1 heterocycles. The Morgan fingerprint density at radius 2 is 1.78 bits per heavy atom. The van der Waals surface area contributed by atoms with Crippen LogP contribution in [0.25, 0.3) is 10.9 Å². The lowest BCUT2D eigenvalue weighted by Crippen LogP contribution is -2.36. The fourth-order valence-corrected chi connectivity index (χ4v) is 6.26. The van der Waals surface area contributed by atoms with Crippen LogP contribution in [0.2, 0.25) is 10.0 Å². The Labute approximate surface area is 226 Å². The first-order valence-electron chi connectivity index (χ1n) is 12.0. The average Bonchev–Trinajstić information content (AvgIpc) is 3.65. The smallest absolute Gasteiger partial charge is 0.326 e. The summed E-state index contributed by atoms with van der Waals surface area (Å²) in [4.78, 5) is 27.3. The van der Waals surface area contributed by atoms with E-state index in [2.05, 4.69) is 0 Å². The molecule has 1 fully saturated rings. The van der Waals surface area contributed by atoms with E-state index in [-0.39, 0.29) is 39.2 Å². The Hall–Kier alpha value is -2.75. The van der Waals surface area contributed by atoms with E-state index in [1.54, 1.807) is 48.0 Å². The summed E-state index contributed by atoms with van der Waals surface area (Å²) >= 11 is 12.2. The van der Waals surface area contributed by atoms with Gasteiger partial charge in [-0.2, -0.15) is 0 Å². The van der Waals surface area contributed by atoms with Crippen molar-refractivity contribution < 1.29 is 22.7 Å². The second kappa shape index (κ2) is 10.9. The van der Waals surface area contributed by atoms with E-state index in [9.17, 15) is 18.0 Å². The summed E-state index contributed by atoms with van der Waals surface area (Å²) in [6, 6.07) is 9.18. The SMILES string of the molecule is CCCCOC(=O)CN(c1ccc2c(C(=O)N(C)C3CC3)cn(C)c2c1)S(=O)(=O)c1cc(Cl)cc(Cl)c1. The van der Waals surface area contributed by atoms with Crippen molar-refractivity contribution in [3.63, 3.8) is 0 Å². The molecule has 8 nitrogen and oxygen atoms in total. The highest BCUT2D eigenvalue weighted by Crippen LogP contribution is 2.33. The number of carbonyl (C=O) groups excluding carboxylic acids is 2. The third-order valence-electron chi connectivity index (χ3n) is 6.37. The highest BCUT2D eigenvalue weighted by Gasteiger charge is 2.32. The lowest BCUT2D eigenvalue weighted by molar-refractivity contribution is -0.141. The van der Waals surface area contributed by atoms with Gasteiger partial charge in [-0.15, -0.1) is 0 Å². The summed E-state index contributed by atoms with van der Waals surface area (Å²) in [6.45, 7) is 1.62.